The van der Waals surface area contributed by atoms with Gasteiger partial charge in [0.15, 0.2) is 0 Å². The summed E-state index contributed by atoms with van der Waals surface area (Å²) in [5.41, 5.74) is 12.7. The minimum Gasteiger partial charge on any atom is -0.311 e. The van der Waals surface area contributed by atoms with E-state index in [1.54, 1.807) is 0 Å². The molecule has 8 aromatic rings. The molecule has 260 valence electrons. The van der Waals surface area contributed by atoms with Gasteiger partial charge >= 0.3 is 0 Å². The Labute approximate surface area is 318 Å². The summed E-state index contributed by atoms with van der Waals surface area (Å²) in [5, 5.41) is 0. The average Bonchev–Trinajstić information content (AvgIpc) is 3.24. The summed E-state index contributed by atoms with van der Waals surface area (Å²) in [6.45, 7) is 2.06. The Morgan fingerprint density at radius 2 is 0.500 bits per heavy atom. The Balaban J connectivity index is 1.18. The van der Waals surface area contributed by atoms with Crippen LogP contribution < -0.4 is 14.7 Å². The first-order valence-corrected chi connectivity index (χ1v) is 18.2. The normalized spacial score (nSPS) is 11.2. The van der Waals surface area contributed by atoms with E-state index in [0.29, 0.717) is 0 Å². The Morgan fingerprint density at radius 3 is 0.778 bits per heavy atom. The summed E-state index contributed by atoms with van der Waals surface area (Å²) in [6, 6.07) is 78.5. The molecule has 8 rings (SSSR count). The van der Waals surface area contributed by atoms with Crippen LogP contribution in [0.4, 0.5) is 56.9 Å². The Bertz CT molecular complexity index is 2190. The number of aliphatic imine (C=N–C) groups is 1. The van der Waals surface area contributed by atoms with Gasteiger partial charge in [-0.3, -0.25) is 4.99 Å². The molecule has 0 aliphatic heterocycles. The largest absolute Gasteiger partial charge is 0.311 e. The van der Waals surface area contributed by atoms with E-state index in [-0.39, 0.29) is 0 Å². The zero-order chi connectivity index (χ0) is 36.5. The second-order valence-corrected chi connectivity index (χ2v) is 13.0. The third kappa shape index (κ3) is 7.55. The molecule has 0 saturated carbocycles. The van der Waals surface area contributed by atoms with Crippen molar-refractivity contribution in [2.24, 2.45) is 4.99 Å². The molecule has 0 aliphatic rings. The van der Waals surface area contributed by atoms with Gasteiger partial charge in [0.05, 0.1) is 5.69 Å². The molecular weight excluding hydrogens is 657 g/mol. The highest BCUT2D eigenvalue weighted by Crippen LogP contribution is 2.41. The van der Waals surface area contributed by atoms with Crippen LogP contribution >= 0.6 is 0 Å². The summed E-state index contributed by atoms with van der Waals surface area (Å²) in [6.07, 6.45) is 0. The zero-order valence-electron chi connectivity index (χ0n) is 30.2. The molecule has 0 aliphatic carbocycles. The highest BCUT2D eigenvalue weighted by molar-refractivity contribution is 6.00. The van der Waals surface area contributed by atoms with Crippen LogP contribution in [-0.2, 0) is 0 Å². The number of rotatable bonds is 11. The maximum Gasteiger partial charge on any atom is 0.0633 e. The van der Waals surface area contributed by atoms with Gasteiger partial charge in [-0.2, -0.15) is 0 Å². The van der Waals surface area contributed by atoms with Crippen molar-refractivity contribution in [3.05, 3.63) is 230 Å². The first-order valence-electron chi connectivity index (χ1n) is 18.2. The lowest BCUT2D eigenvalue weighted by atomic mass is 10.1. The van der Waals surface area contributed by atoms with Gasteiger partial charge in [-0.15, -0.1) is 0 Å². The SMILES string of the molecule is CC(=Nc1ccccc1)c1ccc(N(c2ccc(N(c3ccccc3)c3ccccc3)cc2)c2ccc(N(c3ccccc3)c3ccccc3)cc2)cc1. The first kappa shape index (κ1) is 33.9. The van der Waals surface area contributed by atoms with Crippen molar-refractivity contribution in [2.75, 3.05) is 14.7 Å². The third-order valence-electron chi connectivity index (χ3n) is 9.39. The Morgan fingerprint density at radius 1 is 0.278 bits per heavy atom. The molecule has 0 atom stereocenters. The fourth-order valence-corrected chi connectivity index (χ4v) is 6.76. The van der Waals surface area contributed by atoms with E-state index in [0.717, 1.165) is 68.1 Å². The highest BCUT2D eigenvalue weighted by Gasteiger charge is 2.18. The van der Waals surface area contributed by atoms with E-state index >= 15 is 0 Å². The van der Waals surface area contributed by atoms with Crippen molar-refractivity contribution in [3.8, 4) is 0 Å². The molecule has 0 spiro atoms. The van der Waals surface area contributed by atoms with Gasteiger partial charge in [-0.1, -0.05) is 103 Å². The number of para-hydroxylation sites is 5. The van der Waals surface area contributed by atoms with Crippen LogP contribution in [0.1, 0.15) is 12.5 Å². The molecule has 54 heavy (non-hydrogen) atoms. The monoisotopic (exact) mass is 696 g/mol. The van der Waals surface area contributed by atoms with Crippen molar-refractivity contribution in [1.29, 1.82) is 0 Å². The Kier molecular flexibility index (Phi) is 10.1. The van der Waals surface area contributed by atoms with Crippen LogP contribution in [0.3, 0.4) is 0 Å². The fraction of sp³-hybridized carbons (Fsp3) is 0.0200. The van der Waals surface area contributed by atoms with Crippen LogP contribution in [0.5, 0.6) is 0 Å². The fourth-order valence-electron chi connectivity index (χ4n) is 6.76. The quantitative estimate of drug-likeness (QED) is 0.126. The molecule has 0 radical (unpaired) electrons. The van der Waals surface area contributed by atoms with Crippen molar-refractivity contribution < 1.29 is 0 Å². The summed E-state index contributed by atoms with van der Waals surface area (Å²) in [7, 11) is 0. The molecule has 0 aromatic heterocycles. The first-order chi connectivity index (χ1) is 26.7. The molecule has 0 N–H and O–H groups in total. The van der Waals surface area contributed by atoms with Gasteiger partial charge in [0.1, 0.15) is 0 Å². The average molecular weight is 697 g/mol. The van der Waals surface area contributed by atoms with Crippen molar-refractivity contribution in [3.63, 3.8) is 0 Å². The molecule has 4 heteroatoms. The van der Waals surface area contributed by atoms with Crippen LogP contribution in [0.2, 0.25) is 0 Å². The predicted molar refractivity (Wildman–Crippen MR) is 229 cm³/mol. The Hall–Kier alpha value is -7.17. The van der Waals surface area contributed by atoms with E-state index < -0.39 is 0 Å². The summed E-state index contributed by atoms with van der Waals surface area (Å²) >= 11 is 0. The van der Waals surface area contributed by atoms with Gasteiger partial charge in [0.2, 0.25) is 0 Å². The van der Waals surface area contributed by atoms with Crippen molar-refractivity contribution in [2.45, 2.75) is 6.92 Å². The predicted octanol–water partition coefficient (Wildman–Crippen LogP) is 14.2. The summed E-state index contributed by atoms with van der Waals surface area (Å²) < 4.78 is 0. The molecule has 0 fully saturated rings. The lowest BCUT2D eigenvalue weighted by Crippen LogP contribution is -2.13. The van der Waals surface area contributed by atoms with Gasteiger partial charge < -0.3 is 14.7 Å². The van der Waals surface area contributed by atoms with E-state index in [9.17, 15) is 0 Å². The van der Waals surface area contributed by atoms with E-state index in [4.69, 9.17) is 4.99 Å². The van der Waals surface area contributed by atoms with Crippen LogP contribution in [-0.4, -0.2) is 5.71 Å². The van der Waals surface area contributed by atoms with Crippen LogP contribution in [0, 0.1) is 0 Å². The molecule has 0 heterocycles. The van der Waals surface area contributed by atoms with E-state index in [1.165, 1.54) is 0 Å². The van der Waals surface area contributed by atoms with Crippen LogP contribution in [0.15, 0.2) is 229 Å². The van der Waals surface area contributed by atoms with Crippen molar-refractivity contribution >= 4 is 62.6 Å². The van der Waals surface area contributed by atoms with E-state index in [2.05, 4.69) is 216 Å². The van der Waals surface area contributed by atoms with Gasteiger partial charge in [-0.05, 0) is 134 Å². The maximum atomic E-state index is 4.87. The number of benzene rings is 8. The van der Waals surface area contributed by atoms with E-state index in [1.807, 2.05) is 30.3 Å². The summed E-state index contributed by atoms with van der Waals surface area (Å²) in [5.74, 6) is 0. The molecule has 0 saturated heterocycles. The standard InChI is InChI=1S/C50H40N4/c1-39(51-41-17-7-2-8-18-41)40-27-29-46(30-28-40)54(49-35-31-47(32-36-49)52(42-19-9-3-10-20-42)43-21-11-4-12-22-43)50-37-33-48(34-38-50)53(44-23-13-5-14-24-44)45-25-15-6-16-26-45/h2-38H,1H3. The zero-order valence-corrected chi connectivity index (χ0v) is 30.2. The molecular formula is C50H40N4. The maximum absolute atomic E-state index is 4.87. The smallest absolute Gasteiger partial charge is 0.0633 e. The third-order valence-corrected chi connectivity index (χ3v) is 9.39. The van der Waals surface area contributed by atoms with Gasteiger partial charge in [0.25, 0.3) is 0 Å². The molecule has 0 amide bonds. The number of hydrogen-bond acceptors (Lipinski definition) is 4. The topological polar surface area (TPSA) is 22.1 Å². The van der Waals surface area contributed by atoms with Gasteiger partial charge in [-0.25, -0.2) is 0 Å². The minimum absolute atomic E-state index is 0.945. The van der Waals surface area contributed by atoms with Gasteiger partial charge in [0, 0.05) is 56.9 Å². The minimum atomic E-state index is 0.945. The second kappa shape index (κ2) is 16.0. The van der Waals surface area contributed by atoms with Crippen molar-refractivity contribution in [1.82, 2.24) is 0 Å². The number of anilines is 9. The second-order valence-electron chi connectivity index (χ2n) is 13.0. The van der Waals surface area contributed by atoms with Crippen LogP contribution in [0.25, 0.3) is 0 Å². The lowest BCUT2D eigenvalue weighted by molar-refractivity contribution is 1.24. The molecule has 4 nitrogen and oxygen atoms in total. The number of hydrogen-bond donors (Lipinski definition) is 0. The number of nitrogens with zero attached hydrogens (tertiary/aromatic N) is 4. The lowest BCUT2D eigenvalue weighted by Gasteiger charge is -2.29. The molecule has 0 unspecified atom stereocenters. The molecule has 0 bridgehead atoms. The molecule has 8 aromatic carbocycles. The summed E-state index contributed by atoms with van der Waals surface area (Å²) in [4.78, 5) is 11.7. The highest BCUT2D eigenvalue weighted by atomic mass is 15.2.